The molecule has 0 aliphatic carbocycles. The van der Waals surface area contributed by atoms with E-state index in [0.717, 1.165) is 13.1 Å². The highest BCUT2D eigenvalue weighted by atomic mass is 19.1. The number of hydrazine groups is 1. The van der Waals surface area contributed by atoms with Gasteiger partial charge >= 0.3 is 0 Å². The second kappa shape index (κ2) is 8.53. The molecule has 4 N–H and O–H groups in total. The molecule has 5 rings (SSSR count). The van der Waals surface area contributed by atoms with E-state index in [1.165, 1.54) is 12.3 Å². The van der Waals surface area contributed by atoms with Gasteiger partial charge in [0.25, 0.3) is 5.91 Å². The number of piperazine rings is 1. The number of hydrogen-bond donors (Lipinski definition) is 3. The van der Waals surface area contributed by atoms with E-state index in [1.807, 2.05) is 23.4 Å². The van der Waals surface area contributed by atoms with Crippen LogP contribution in [-0.2, 0) is 0 Å². The molecule has 178 valence electrons. The fourth-order valence-electron chi connectivity index (χ4n) is 4.46. The van der Waals surface area contributed by atoms with E-state index in [4.69, 9.17) is 10.5 Å². The van der Waals surface area contributed by atoms with Gasteiger partial charge in [-0.2, -0.15) is 0 Å². The van der Waals surface area contributed by atoms with Crippen molar-refractivity contribution in [3.63, 3.8) is 0 Å². The molecule has 3 heterocycles. The van der Waals surface area contributed by atoms with Crippen LogP contribution in [0, 0.1) is 5.82 Å². The second-order valence-electron chi connectivity index (χ2n) is 8.86. The fourth-order valence-corrected chi connectivity index (χ4v) is 4.46. The van der Waals surface area contributed by atoms with E-state index < -0.39 is 17.2 Å². The van der Waals surface area contributed by atoms with Crippen molar-refractivity contribution in [1.82, 2.24) is 14.9 Å². The fraction of sp³-hybridized carbons (Fsp3) is 0.333. The second-order valence-corrected chi connectivity index (χ2v) is 8.86. The predicted octanol–water partition coefficient (Wildman–Crippen LogP) is 2.18. The molecule has 2 aliphatic heterocycles. The Morgan fingerprint density at radius 3 is 2.59 bits per heavy atom. The Hall–Kier alpha value is -3.79. The van der Waals surface area contributed by atoms with Gasteiger partial charge in [0, 0.05) is 38.1 Å². The maximum absolute atomic E-state index is 15.4. The summed E-state index contributed by atoms with van der Waals surface area (Å²) in [5.74, 6) is -0.777. The largest absolute Gasteiger partial charge is 0.487 e. The Balaban J connectivity index is 1.55. The minimum atomic E-state index is -0.615. The van der Waals surface area contributed by atoms with Gasteiger partial charge in [0.1, 0.15) is 17.9 Å². The number of amides is 1. The van der Waals surface area contributed by atoms with Gasteiger partial charge in [-0.15, -0.1) is 0 Å². The first-order chi connectivity index (χ1) is 16.3. The number of likely N-dealkylation sites (N-methyl/N-ethyl adjacent to an activating group) is 1. The number of halogens is 1. The van der Waals surface area contributed by atoms with Crippen LogP contribution in [0.4, 0.5) is 21.5 Å². The summed E-state index contributed by atoms with van der Waals surface area (Å²) in [6.07, 6.45) is 1.53. The summed E-state index contributed by atoms with van der Waals surface area (Å²) in [6.45, 7) is 5.17. The molecule has 0 bridgehead atoms. The molecular weight excluding hydrogens is 439 g/mol. The van der Waals surface area contributed by atoms with Crippen LogP contribution in [0.25, 0.3) is 10.9 Å². The van der Waals surface area contributed by atoms with Crippen LogP contribution in [0.1, 0.15) is 23.3 Å². The first kappa shape index (κ1) is 22.0. The molecule has 2 aromatic carbocycles. The molecule has 1 fully saturated rings. The average molecular weight is 467 g/mol. The van der Waals surface area contributed by atoms with Crippen LogP contribution in [0.5, 0.6) is 5.75 Å². The number of hydrogen-bond acceptors (Lipinski definition) is 7. The summed E-state index contributed by atoms with van der Waals surface area (Å²) in [5.41, 5.74) is 12.5. The zero-order valence-corrected chi connectivity index (χ0v) is 19.1. The van der Waals surface area contributed by atoms with Crippen LogP contribution >= 0.6 is 0 Å². The number of carbonyl (C=O) groups excluding carboxylic acids is 1. The summed E-state index contributed by atoms with van der Waals surface area (Å²) in [5, 5.41) is 0.122. The molecule has 0 saturated carbocycles. The number of nitrogens with one attached hydrogen (secondary N) is 2. The molecule has 3 aromatic rings. The SMILES string of the molecule is CC1COc2c(N3CCN(C)CC3)c(F)cc3c(=O)c(C(=O)NNc4ccc(N)cc4)cn1c23. The Morgan fingerprint density at radius 2 is 1.88 bits per heavy atom. The van der Waals surface area contributed by atoms with Crippen molar-refractivity contribution >= 4 is 33.9 Å². The Kier molecular flexibility index (Phi) is 5.52. The van der Waals surface area contributed by atoms with Crippen LogP contribution in [-0.4, -0.2) is 55.2 Å². The van der Waals surface area contributed by atoms with Crippen LogP contribution in [0.2, 0.25) is 0 Å². The van der Waals surface area contributed by atoms with Gasteiger partial charge < -0.3 is 24.8 Å². The Morgan fingerprint density at radius 1 is 1.18 bits per heavy atom. The number of aromatic nitrogens is 1. The molecule has 0 radical (unpaired) electrons. The molecule has 2 aliphatic rings. The Labute approximate surface area is 195 Å². The summed E-state index contributed by atoms with van der Waals surface area (Å²) < 4.78 is 23.2. The first-order valence-corrected chi connectivity index (χ1v) is 11.2. The molecule has 9 nitrogen and oxygen atoms in total. The minimum Gasteiger partial charge on any atom is -0.487 e. The number of pyridine rings is 1. The van der Waals surface area contributed by atoms with Gasteiger partial charge in [0.15, 0.2) is 11.6 Å². The van der Waals surface area contributed by atoms with Gasteiger partial charge in [-0.25, -0.2) is 4.39 Å². The van der Waals surface area contributed by atoms with Crippen LogP contribution in [0.15, 0.2) is 41.3 Å². The van der Waals surface area contributed by atoms with Crippen molar-refractivity contribution in [2.24, 2.45) is 0 Å². The highest BCUT2D eigenvalue weighted by molar-refractivity contribution is 6.00. The number of carbonyl (C=O) groups is 1. The molecule has 0 spiro atoms. The molecule has 1 atom stereocenters. The van der Waals surface area contributed by atoms with E-state index in [9.17, 15) is 9.59 Å². The number of nitrogens with zero attached hydrogens (tertiary/aromatic N) is 3. The van der Waals surface area contributed by atoms with Crippen molar-refractivity contribution in [2.75, 3.05) is 55.9 Å². The maximum Gasteiger partial charge on any atom is 0.275 e. The zero-order valence-electron chi connectivity index (χ0n) is 19.1. The summed E-state index contributed by atoms with van der Waals surface area (Å²) in [6, 6.07) is 7.87. The smallest absolute Gasteiger partial charge is 0.275 e. The Bertz CT molecular complexity index is 1320. The van der Waals surface area contributed by atoms with Crippen molar-refractivity contribution in [2.45, 2.75) is 13.0 Å². The van der Waals surface area contributed by atoms with Gasteiger partial charge in [-0.3, -0.25) is 20.4 Å². The van der Waals surface area contributed by atoms with Crippen LogP contribution in [0.3, 0.4) is 0 Å². The number of rotatable bonds is 4. The topological polar surface area (TPSA) is 105 Å². The number of anilines is 3. The van der Waals surface area contributed by atoms with Gasteiger partial charge in [0.05, 0.1) is 22.6 Å². The van der Waals surface area contributed by atoms with E-state index >= 15 is 4.39 Å². The zero-order chi connectivity index (χ0) is 24.0. The van der Waals surface area contributed by atoms with E-state index in [-0.39, 0.29) is 17.0 Å². The molecule has 1 unspecified atom stereocenters. The first-order valence-electron chi connectivity index (χ1n) is 11.2. The lowest BCUT2D eigenvalue weighted by molar-refractivity contribution is 0.0960. The summed E-state index contributed by atoms with van der Waals surface area (Å²) in [7, 11) is 2.03. The number of benzene rings is 2. The quantitative estimate of drug-likeness (QED) is 0.400. The third-order valence-corrected chi connectivity index (χ3v) is 6.44. The standard InChI is InChI=1S/C24H27FN6O3/c1-14-13-34-23-20-17(11-19(25)21(23)30-9-7-29(2)8-10-30)22(32)18(12-31(14)20)24(33)28-27-16-5-3-15(26)4-6-16/h3-6,11-12,14,27H,7-10,13,26H2,1-2H3,(H,28,33). The molecule has 10 heteroatoms. The third kappa shape index (κ3) is 3.79. The molecule has 1 saturated heterocycles. The summed E-state index contributed by atoms with van der Waals surface area (Å²) >= 11 is 0. The number of ether oxygens (including phenoxy) is 1. The number of nitrogens with two attached hydrogens (primary N) is 1. The van der Waals surface area contributed by atoms with Crippen molar-refractivity contribution in [3.05, 3.63) is 58.1 Å². The lowest BCUT2D eigenvalue weighted by atomic mass is 10.0. The van der Waals surface area contributed by atoms with Gasteiger partial charge in [-0.05, 0) is 44.3 Å². The molecule has 34 heavy (non-hydrogen) atoms. The van der Waals surface area contributed by atoms with Gasteiger partial charge in [0.2, 0.25) is 5.43 Å². The average Bonchev–Trinajstić information content (AvgIpc) is 2.82. The van der Waals surface area contributed by atoms with Crippen molar-refractivity contribution in [1.29, 1.82) is 0 Å². The summed E-state index contributed by atoms with van der Waals surface area (Å²) in [4.78, 5) is 30.4. The maximum atomic E-state index is 15.4. The normalized spacial score (nSPS) is 18.0. The lowest BCUT2D eigenvalue weighted by Gasteiger charge is -2.37. The molecular formula is C24H27FN6O3. The van der Waals surface area contributed by atoms with Crippen LogP contribution < -0.4 is 31.7 Å². The molecule has 1 aromatic heterocycles. The van der Waals surface area contributed by atoms with E-state index in [2.05, 4.69) is 15.8 Å². The van der Waals surface area contributed by atoms with Crippen molar-refractivity contribution in [3.8, 4) is 5.75 Å². The molecule has 1 amide bonds. The highest BCUT2D eigenvalue weighted by Gasteiger charge is 2.31. The van der Waals surface area contributed by atoms with Crippen molar-refractivity contribution < 1.29 is 13.9 Å². The van der Waals surface area contributed by atoms with E-state index in [1.54, 1.807) is 24.3 Å². The number of nitrogen functional groups attached to an aromatic ring is 1. The monoisotopic (exact) mass is 466 g/mol. The van der Waals surface area contributed by atoms with Gasteiger partial charge in [-0.1, -0.05) is 0 Å². The minimum absolute atomic E-state index is 0.0816. The predicted molar refractivity (Wildman–Crippen MR) is 130 cm³/mol. The third-order valence-electron chi connectivity index (χ3n) is 6.44. The highest BCUT2D eigenvalue weighted by Crippen LogP contribution is 2.42. The lowest BCUT2D eigenvalue weighted by Crippen LogP contribution is -2.45. The van der Waals surface area contributed by atoms with E-state index in [0.29, 0.717) is 48.0 Å².